The minimum absolute atomic E-state index is 0.414. The summed E-state index contributed by atoms with van der Waals surface area (Å²) in [5.41, 5.74) is 2.74. The van der Waals surface area contributed by atoms with E-state index >= 15 is 0 Å². The Morgan fingerprint density at radius 2 is 1.96 bits per heavy atom. The molecule has 0 bridgehead atoms. The number of benzene rings is 2. The van der Waals surface area contributed by atoms with Gasteiger partial charge in [0.2, 0.25) is 0 Å². The third-order valence-corrected chi connectivity index (χ3v) is 4.42. The molecule has 0 aliphatic carbocycles. The Hall–Kier alpha value is -2.09. The molecule has 0 heterocycles. The van der Waals surface area contributed by atoms with Gasteiger partial charge in [0.05, 0.1) is 5.56 Å². The van der Waals surface area contributed by atoms with Crippen LogP contribution in [0.15, 0.2) is 41.3 Å². The van der Waals surface area contributed by atoms with Crippen molar-refractivity contribution < 1.29 is 14.6 Å². The van der Waals surface area contributed by atoms with Gasteiger partial charge in [-0.05, 0) is 48.6 Å². The predicted octanol–water partition coefficient (Wildman–Crippen LogP) is 4.88. The first kappa shape index (κ1) is 19.2. The first-order valence-electron chi connectivity index (χ1n) is 7.86. The lowest BCUT2D eigenvalue weighted by Gasteiger charge is -2.07. The van der Waals surface area contributed by atoms with Gasteiger partial charge in [-0.15, -0.1) is 11.8 Å². The van der Waals surface area contributed by atoms with E-state index in [9.17, 15) is 4.79 Å². The molecule has 2 aromatic rings. The van der Waals surface area contributed by atoms with E-state index in [0.29, 0.717) is 16.3 Å². The topological polar surface area (TPSA) is 46.5 Å². The second-order valence-electron chi connectivity index (χ2n) is 5.35. The SMILES string of the molecule is CCCc1ccc(SC)cc1C#Cc1cc(Cl)ccc1OCC(=O)O. The highest BCUT2D eigenvalue weighted by atomic mass is 35.5. The van der Waals surface area contributed by atoms with E-state index in [1.165, 1.54) is 5.56 Å². The lowest BCUT2D eigenvalue weighted by Crippen LogP contribution is -2.10. The number of rotatable bonds is 6. The maximum Gasteiger partial charge on any atom is 0.341 e. The minimum Gasteiger partial charge on any atom is -0.481 e. The summed E-state index contributed by atoms with van der Waals surface area (Å²) in [5.74, 6) is 5.66. The van der Waals surface area contributed by atoms with Crippen molar-refractivity contribution in [2.24, 2.45) is 0 Å². The van der Waals surface area contributed by atoms with Crippen LogP contribution in [0.1, 0.15) is 30.0 Å². The lowest BCUT2D eigenvalue weighted by molar-refractivity contribution is -0.139. The van der Waals surface area contributed by atoms with Gasteiger partial charge in [0.15, 0.2) is 6.61 Å². The summed E-state index contributed by atoms with van der Waals surface area (Å²) in [7, 11) is 0. The van der Waals surface area contributed by atoms with Crippen LogP contribution in [0, 0.1) is 11.8 Å². The molecule has 0 aliphatic heterocycles. The van der Waals surface area contributed by atoms with Gasteiger partial charge in [0, 0.05) is 15.5 Å². The predicted molar refractivity (Wildman–Crippen MR) is 103 cm³/mol. The second kappa shape index (κ2) is 9.41. The average Bonchev–Trinajstić information content (AvgIpc) is 2.60. The number of aliphatic carboxylic acids is 1. The van der Waals surface area contributed by atoms with Crippen LogP contribution in [-0.4, -0.2) is 23.9 Å². The molecule has 2 aromatic carbocycles. The highest BCUT2D eigenvalue weighted by molar-refractivity contribution is 7.98. The van der Waals surface area contributed by atoms with Gasteiger partial charge in [-0.25, -0.2) is 4.79 Å². The summed E-state index contributed by atoms with van der Waals surface area (Å²) in [6.45, 7) is 1.72. The summed E-state index contributed by atoms with van der Waals surface area (Å²) in [5, 5.41) is 9.32. The van der Waals surface area contributed by atoms with Crippen LogP contribution in [0.5, 0.6) is 5.75 Å². The second-order valence-corrected chi connectivity index (χ2v) is 6.66. The van der Waals surface area contributed by atoms with Crippen molar-refractivity contribution >= 4 is 29.3 Å². The van der Waals surface area contributed by atoms with Gasteiger partial charge < -0.3 is 9.84 Å². The van der Waals surface area contributed by atoms with Crippen molar-refractivity contribution in [3.63, 3.8) is 0 Å². The molecule has 0 aliphatic rings. The number of thioether (sulfide) groups is 1. The Kier molecular flexibility index (Phi) is 7.24. The number of ether oxygens (including phenoxy) is 1. The molecule has 1 N–H and O–H groups in total. The van der Waals surface area contributed by atoms with Crippen molar-refractivity contribution in [3.05, 3.63) is 58.1 Å². The zero-order valence-corrected chi connectivity index (χ0v) is 15.7. The molecule has 130 valence electrons. The number of aryl methyl sites for hydroxylation is 1. The highest BCUT2D eigenvalue weighted by Gasteiger charge is 2.06. The fourth-order valence-electron chi connectivity index (χ4n) is 2.29. The van der Waals surface area contributed by atoms with E-state index in [1.807, 2.05) is 6.26 Å². The number of carbonyl (C=O) groups is 1. The molecule has 0 aromatic heterocycles. The number of hydrogen-bond acceptors (Lipinski definition) is 3. The Morgan fingerprint density at radius 3 is 2.64 bits per heavy atom. The van der Waals surface area contributed by atoms with E-state index in [1.54, 1.807) is 30.0 Å². The highest BCUT2D eigenvalue weighted by Crippen LogP contribution is 2.23. The minimum atomic E-state index is -1.04. The summed E-state index contributed by atoms with van der Waals surface area (Å²) in [4.78, 5) is 11.9. The van der Waals surface area contributed by atoms with Crippen LogP contribution in [0.2, 0.25) is 5.02 Å². The Labute approximate surface area is 157 Å². The molecule has 0 amide bonds. The molecule has 0 saturated carbocycles. The third-order valence-electron chi connectivity index (χ3n) is 3.46. The molecular formula is C20H19ClO3S. The first-order chi connectivity index (χ1) is 12.0. The quantitative estimate of drug-likeness (QED) is 0.578. The van der Waals surface area contributed by atoms with Gasteiger partial charge in [-0.3, -0.25) is 0 Å². The molecule has 0 unspecified atom stereocenters. The van der Waals surface area contributed by atoms with Crippen molar-refractivity contribution in [2.75, 3.05) is 12.9 Å². The molecule has 0 fully saturated rings. The van der Waals surface area contributed by atoms with Gasteiger partial charge in [0.1, 0.15) is 5.75 Å². The summed E-state index contributed by atoms with van der Waals surface area (Å²) in [6.07, 6.45) is 4.02. The van der Waals surface area contributed by atoms with Crippen LogP contribution < -0.4 is 4.74 Å². The van der Waals surface area contributed by atoms with Crippen LogP contribution in [-0.2, 0) is 11.2 Å². The maximum atomic E-state index is 10.7. The summed E-state index contributed by atoms with van der Waals surface area (Å²) < 4.78 is 5.30. The van der Waals surface area contributed by atoms with Gasteiger partial charge in [-0.1, -0.05) is 42.9 Å². The molecule has 3 nitrogen and oxygen atoms in total. The number of halogens is 1. The zero-order valence-electron chi connectivity index (χ0n) is 14.1. The molecular weight excluding hydrogens is 356 g/mol. The zero-order chi connectivity index (χ0) is 18.2. The smallest absolute Gasteiger partial charge is 0.341 e. The van der Waals surface area contributed by atoms with E-state index < -0.39 is 12.6 Å². The third kappa shape index (κ3) is 5.74. The Bertz CT molecular complexity index is 821. The average molecular weight is 375 g/mol. The number of hydrogen-bond donors (Lipinski definition) is 1. The first-order valence-corrected chi connectivity index (χ1v) is 9.46. The van der Waals surface area contributed by atoms with Crippen LogP contribution in [0.4, 0.5) is 0 Å². The number of carboxylic acid groups (broad SMARTS) is 1. The number of carboxylic acids is 1. The van der Waals surface area contributed by atoms with Crippen LogP contribution >= 0.6 is 23.4 Å². The largest absolute Gasteiger partial charge is 0.481 e. The van der Waals surface area contributed by atoms with Crippen LogP contribution in [0.3, 0.4) is 0 Å². The summed E-state index contributed by atoms with van der Waals surface area (Å²) >= 11 is 7.72. The summed E-state index contributed by atoms with van der Waals surface area (Å²) in [6, 6.07) is 11.3. The van der Waals surface area contributed by atoms with Crippen molar-refractivity contribution in [1.82, 2.24) is 0 Å². The monoisotopic (exact) mass is 374 g/mol. The maximum absolute atomic E-state index is 10.7. The van der Waals surface area contributed by atoms with Crippen LogP contribution in [0.25, 0.3) is 0 Å². The fraction of sp³-hybridized carbons (Fsp3) is 0.250. The molecule has 0 radical (unpaired) electrons. The molecule has 25 heavy (non-hydrogen) atoms. The van der Waals surface area contributed by atoms with Gasteiger partial charge in [0.25, 0.3) is 0 Å². The van der Waals surface area contributed by atoms with E-state index in [4.69, 9.17) is 21.4 Å². The normalized spacial score (nSPS) is 10.0. The van der Waals surface area contributed by atoms with E-state index in [2.05, 4.69) is 37.0 Å². The van der Waals surface area contributed by atoms with Crippen molar-refractivity contribution in [2.45, 2.75) is 24.7 Å². The molecule has 0 spiro atoms. The van der Waals surface area contributed by atoms with Gasteiger partial charge >= 0.3 is 5.97 Å². The van der Waals surface area contributed by atoms with E-state index in [-0.39, 0.29) is 0 Å². The van der Waals surface area contributed by atoms with Crippen molar-refractivity contribution in [3.8, 4) is 17.6 Å². The van der Waals surface area contributed by atoms with Crippen molar-refractivity contribution in [1.29, 1.82) is 0 Å². The Morgan fingerprint density at radius 1 is 1.20 bits per heavy atom. The molecule has 2 rings (SSSR count). The van der Waals surface area contributed by atoms with Gasteiger partial charge in [-0.2, -0.15) is 0 Å². The molecule has 5 heteroatoms. The van der Waals surface area contributed by atoms with E-state index in [0.717, 1.165) is 23.3 Å². The molecule has 0 atom stereocenters. The fourth-order valence-corrected chi connectivity index (χ4v) is 2.90. The lowest BCUT2D eigenvalue weighted by atomic mass is 10.0. The Balaban J connectivity index is 2.40. The standard InChI is InChI=1S/C20H19ClO3S/c1-3-4-14-7-9-18(25-2)12-15(14)5-6-16-11-17(21)8-10-19(16)24-13-20(22)23/h7-12H,3-4,13H2,1-2H3,(H,22,23). The molecule has 0 saturated heterocycles.